The van der Waals surface area contributed by atoms with Gasteiger partial charge in [0.2, 0.25) is 0 Å². The molecular formula is C13H23NO. The maximum atomic E-state index is 5.80. The minimum Gasteiger partial charge on any atom is -0.497 e. The second kappa shape index (κ2) is 4.56. The van der Waals surface area contributed by atoms with Crippen molar-refractivity contribution in [3.05, 3.63) is 11.8 Å². The van der Waals surface area contributed by atoms with Gasteiger partial charge in [-0.05, 0) is 50.1 Å². The van der Waals surface area contributed by atoms with E-state index in [4.69, 9.17) is 4.74 Å². The Morgan fingerprint density at radius 2 is 2.33 bits per heavy atom. The fourth-order valence-corrected chi connectivity index (χ4v) is 2.24. The van der Waals surface area contributed by atoms with Crippen molar-refractivity contribution < 1.29 is 4.74 Å². The monoisotopic (exact) mass is 209 g/mol. The lowest BCUT2D eigenvalue weighted by Crippen LogP contribution is -2.39. The lowest BCUT2D eigenvalue weighted by atomic mass is 9.95. The van der Waals surface area contributed by atoms with Crippen LogP contribution < -0.4 is 5.32 Å². The molecule has 1 saturated carbocycles. The van der Waals surface area contributed by atoms with E-state index in [1.807, 2.05) is 0 Å². The zero-order valence-corrected chi connectivity index (χ0v) is 10.0. The molecule has 1 fully saturated rings. The van der Waals surface area contributed by atoms with Crippen LogP contribution in [0.5, 0.6) is 0 Å². The van der Waals surface area contributed by atoms with E-state index >= 15 is 0 Å². The van der Waals surface area contributed by atoms with Crippen molar-refractivity contribution in [3.63, 3.8) is 0 Å². The molecule has 0 bridgehead atoms. The van der Waals surface area contributed by atoms with Gasteiger partial charge in [-0.15, -0.1) is 0 Å². The SMILES string of the molecule is CCCNC(C1=CCCCO1)C1(C)CC1. The van der Waals surface area contributed by atoms with Gasteiger partial charge in [0, 0.05) is 0 Å². The summed E-state index contributed by atoms with van der Waals surface area (Å²) in [5.41, 5.74) is 0.471. The van der Waals surface area contributed by atoms with Crippen LogP contribution in [0.3, 0.4) is 0 Å². The van der Waals surface area contributed by atoms with Gasteiger partial charge in [0.25, 0.3) is 0 Å². The molecule has 2 nitrogen and oxygen atoms in total. The molecule has 0 radical (unpaired) electrons. The predicted octanol–water partition coefficient (Wildman–Crippen LogP) is 2.85. The van der Waals surface area contributed by atoms with Crippen LogP contribution in [0.1, 0.15) is 46.0 Å². The standard InChI is InChI=1S/C13H23NO/c1-3-9-14-12(13(2)7-8-13)11-6-4-5-10-15-11/h6,12,14H,3-5,7-10H2,1-2H3. The molecule has 2 rings (SSSR count). The molecule has 0 aromatic carbocycles. The molecule has 1 atom stereocenters. The number of ether oxygens (including phenoxy) is 1. The summed E-state index contributed by atoms with van der Waals surface area (Å²) in [6, 6.07) is 0.470. The Bertz CT molecular complexity index is 243. The first-order valence-electron chi connectivity index (χ1n) is 6.32. The Kier molecular flexibility index (Phi) is 3.35. The molecule has 86 valence electrons. The van der Waals surface area contributed by atoms with Crippen molar-refractivity contribution >= 4 is 0 Å². The van der Waals surface area contributed by atoms with Gasteiger partial charge in [0.15, 0.2) is 0 Å². The summed E-state index contributed by atoms with van der Waals surface area (Å²) in [5.74, 6) is 1.22. The fraction of sp³-hybridized carbons (Fsp3) is 0.846. The van der Waals surface area contributed by atoms with Crippen LogP contribution in [0.2, 0.25) is 0 Å². The molecule has 2 heteroatoms. The van der Waals surface area contributed by atoms with Gasteiger partial charge in [0.05, 0.1) is 12.6 Å². The lowest BCUT2D eigenvalue weighted by Gasteiger charge is -2.29. The van der Waals surface area contributed by atoms with E-state index in [0.29, 0.717) is 11.5 Å². The van der Waals surface area contributed by atoms with Gasteiger partial charge in [-0.1, -0.05) is 13.8 Å². The average molecular weight is 209 g/mol. The minimum absolute atomic E-state index is 0.470. The van der Waals surface area contributed by atoms with Crippen LogP contribution in [-0.2, 0) is 4.74 Å². The summed E-state index contributed by atoms with van der Waals surface area (Å²) >= 11 is 0. The first kappa shape index (κ1) is 11.0. The molecule has 0 aromatic rings. The van der Waals surface area contributed by atoms with E-state index in [-0.39, 0.29) is 0 Å². The third-order valence-electron chi connectivity index (χ3n) is 3.58. The Labute approximate surface area is 93.1 Å². The van der Waals surface area contributed by atoms with Gasteiger partial charge in [-0.2, -0.15) is 0 Å². The Morgan fingerprint density at radius 3 is 2.87 bits per heavy atom. The van der Waals surface area contributed by atoms with Crippen LogP contribution in [0.4, 0.5) is 0 Å². The van der Waals surface area contributed by atoms with E-state index in [0.717, 1.165) is 13.2 Å². The smallest absolute Gasteiger partial charge is 0.109 e. The fourth-order valence-electron chi connectivity index (χ4n) is 2.24. The molecule has 2 aliphatic rings. The second-order valence-corrected chi connectivity index (χ2v) is 5.14. The molecule has 0 spiro atoms. The molecule has 1 unspecified atom stereocenters. The van der Waals surface area contributed by atoms with Crippen molar-refractivity contribution in [2.24, 2.45) is 5.41 Å². The topological polar surface area (TPSA) is 21.3 Å². The third kappa shape index (κ3) is 2.54. The molecule has 1 heterocycles. The van der Waals surface area contributed by atoms with Gasteiger partial charge < -0.3 is 10.1 Å². The highest BCUT2D eigenvalue weighted by molar-refractivity contribution is 5.15. The predicted molar refractivity (Wildman–Crippen MR) is 62.7 cm³/mol. The first-order valence-corrected chi connectivity index (χ1v) is 6.32. The molecule has 1 aliphatic heterocycles. The Balaban J connectivity index is 2.00. The summed E-state index contributed by atoms with van der Waals surface area (Å²) in [6.07, 6.45) is 8.54. The number of allylic oxidation sites excluding steroid dienone is 1. The Hall–Kier alpha value is -0.500. The van der Waals surface area contributed by atoms with Crippen molar-refractivity contribution in [2.75, 3.05) is 13.2 Å². The van der Waals surface area contributed by atoms with Crippen LogP contribution in [0.15, 0.2) is 11.8 Å². The van der Waals surface area contributed by atoms with Gasteiger partial charge in [0.1, 0.15) is 5.76 Å². The normalized spacial score (nSPS) is 25.3. The molecule has 0 saturated heterocycles. The van der Waals surface area contributed by atoms with Gasteiger partial charge in [-0.3, -0.25) is 0 Å². The van der Waals surface area contributed by atoms with E-state index in [1.54, 1.807) is 0 Å². The van der Waals surface area contributed by atoms with Gasteiger partial charge in [-0.25, -0.2) is 0 Å². The minimum atomic E-state index is 0.470. The van der Waals surface area contributed by atoms with Crippen molar-refractivity contribution in [2.45, 2.75) is 52.0 Å². The van der Waals surface area contributed by atoms with Crippen molar-refractivity contribution in [1.82, 2.24) is 5.32 Å². The van der Waals surface area contributed by atoms with Crippen molar-refractivity contribution in [1.29, 1.82) is 0 Å². The summed E-state index contributed by atoms with van der Waals surface area (Å²) in [5, 5.41) is 3.65. The van der Waals surface area contributed by atoms with E-state index < -0.39 is 0 Å². The lowest BCUT2D eigenvalue weighted by molar-refractivity contribution is 0.148. The largest absolute Gasteiger partial charge is 0.497 e. The average Bonchev–Trinajstić information content (AvgIpc) is 2.99. The maximum absolute atomic E-state index is 5.80. The quantitative estimate of drug-likeness (QED) is 0.751. The number of hydrogen-bond donors (Lipinski definition) is 1. The van der Waals surface area contributed by atoms with E-state index in [1.165, 1.54) is 37.9 Å². The molecule has 1 aliphatic carbocycles. The number of nitrogens with one attached hydrogen (secondary N) is 1. The van der Waals surface area contributed by atoms with E-state index in [2.05, 4.69) is 25.2 Å². The molecular weight excluding hydrogens is 186 g/mol. The second-order valence-electron chi connectivity index (χ2n) is 5.14. The van der Waals surface area contributed by atoms with Gasteiger partial charge >= 0.3 is 0 Å². The van der Waals surface area contributed by atoms with Crippen molar-refractivity contribution in [3.8, 4) is 0 Å². The molecule has 15 heavy (non-hydrogen) atoms. The van der Waals surface area contributed by atoms with E-state index in [9.17, 15) is 0 Å². The summed E-state index contributed by atoms with van der Waals surface area (Å²) in [7, 11) is 0. The molecule has 1 N–H and O–H groups in total. The zero-order chi connectivity index (χ0) is 10.7. The maximum Gasteiger partial charge on any atom is 0.109 e. The summed E-state index contributed by atoms with van der Waals surface area (Å²) < 4.78 is 5.80. The summed E-state index contributed by atoms with van der Waals surface area (Å²) in [6.45, 7) is 6.60. The molecule has 0 amide bonds. The zero-order valence-electron chi connectivity index (χ0n) is 10.0. The number of hydrogen-bond acceptors (Lipinski definition) is 2. The third-order valence-corrected chi connectivity index (χ3v) is 3.58. The summed E-state index contributed by atoms with van der Waals surface area (Å²) in [4.78, 5) is 0. The van der Waals surface area contributed by atoms with Crippen LogP contribution >= 0.6 is 0 Å². The number of rotatable bonds is 5. The van der Waals surface area contributed by atoms with Crippen LogP contribution in [0.25, 0.3) is 0 Å². The highest BCUT2D eigenvalue weighted by Crippen LogP contribution is 2.50. The molecule has 0 aromatic heterocycles. The van der Waals surface area contributed by atoms with Crippen LogP contribution in [0, 0.1) is 5.41 Å². The Morgan fingerprint density at radius 1 is 1.53 bits per heavy atom. The highest BCUT2D eigenvalue weighted by atomic mass is 16.5. The highest BCUT2D eigenvalue weighted by Gasteiger charge is 2.47. The van der Waals surface area contributed by atoms with Crippen LogP contribution in [-0.4, -0.2) is 19.2 Å². The first-order chi connectivity index (χ1) is 7.26.